The zero-order chi connectivity index (χ0) is 19.2. The van der Waals surface area contributed by atoms with E-state index in [4.69, 9.17) is 9.47 Å². The van der Waals surface area contributed by atoms with Crippen LogP contribution in [-0.2, 0) is 5.75 Å². The summed E-state index contributed by atoms with van der Waals surface area (Å²) in [6.07, 6.45) is 0. The molecule has 140 valence electrons. The molecule has 0 aliphatic rings. The van der Waals surface area contributed by atoms with Gasteiger partial charge >= 0.3 is 0 Å². The van der Waals surface area contributed by atoms with Crippen LogP contribution in [0.1, 0.15) is 29.8 Å². The van der Waals surface area contributed by atoms with Crippen molar-refractivity contribution in [2.24, 2.45) is 0 Å². The molecule has 2 aromatic carbocycles. The molecule has 1 N–H and O–H groups in total. The Morgan fingerprint density at radius 2 is 1.96 bits per heavy atom. The van der Waals surface area contributed by atoms with Crippen LogP contribution in [0.5, 0.6) is 11.5 Å². The summed E-state index contributed by atoms with van der Waals surface area (Å²) in [5.74, 6) is 2.91. The van der Waals surface area contributed by atoms with Gasteiger partial charge in [-0.3, -0.25) is 9.89 Å². The zero-order valence-electron chi connectivity index (χ0n) is 15.5. The van der Waals surface area contributed by atoms with Gasteiger partial charge in [0, 0.05) is 22.4 Å². The third-order valence-electron chi connectivity index (χ3n) is 3.95. The molecule has 3 aromatic rings. The number of hydrogen-bond donors (Lipinski definition) is 1. The summed E-state index contributed by atoms with van der Waals surface area (Å²) in [7, 11) is 1.63. The summed E-state index contributed by atoms with van der Waals surface area (Å²) in [6, 6.07) is 13.1. The number of aromatic amines is 1. The lowest BCUT2D eigenvalue weighted by Gasteiger charge is -2.10. The standard InChI is InChI=1S/C20H21N3O3S/c1-4-26-18-10-7-15(13(2)24)11-16(18)12-27-20-21-19(22-23-20)14-5-8-17(25-3)9-6-14/h5-11H,4,12H2,1-3H3,(H,21,22,23). The molecule has 0 spiro atoms. The molecule has 3 rings (SSSR count). The topological polar surface area (TPSA) is 77.1 Å². The molecule has 0 aliphatic heterocycles. The number of nitrogens with one attached hydrogen (secondary N) is 1. The maximum atomic E-state index is 11.7. The molecular weight excluding hydrogens is 362 g/mol. The molecule has 0 atom stereocenters. The van der Waals surface area contributed by atoms with Crippen molar-refractivity contribution in [3.8, 4) is 22.9 Å². The Morgan fingerprint density at radius 1 is 1.19 bits per heavy atom. The monoisotopic (exact) mass is 383 g/mol. The van der Waals surface area contributed by atoms with Gasteiger partial charge in [-0.05, 0) is 56.3 Å². The van der Waals surface area contributed by atoms with Gasteiger partial charge in [-0.25, -0.2) is 4.98 Å². The minimum Gasteiger partial charge on any atom is -0.497 e. The number of methoxy groups -OCH3 is 1. The van der Waals surface area contributed by atoms with Crippen molar-refractivity contribution < 1.29 is 14.3 Å². The molecule has 0 unspecified atom stereocenters. The van der Waals surface area contributed by atoms with Gasteiger partial charge in [-0.15, -0.1) is 5.10 Å². The predicted molar refractivity (Wildman–Crippen MR) is 106 cm³/mol. The van der Waals surface area contributed by atoms with Gasteiger partial charge in [0.2, 0.25) is 5.16 Å². The lowest BCUT2D eigenvalue weighted by molar-refractivity contribution is 0.101. The van der Waals surface area contributed by atoms with Crippen LogP contribution in [0.25, 0.3) is 11.4 Å². The normalized spacial score (nSPS) is 10.6. The highest BCUT2D eigenvalue weighted by atomic mass is 32.2. The average Bonchev–Trinajstić information content (AvgIpc) is 3.16. The highest BCUT2D eigenvalue weighted by molar-refractivity contribution is 7.98. The van der Waals surface area contributed by atoms with Crippen LogP contribution in [0.4, 0.5) is 0 Å². The van der Waals surface area contributed by atoms with Crippen LogP contribution in [-0.4, -0.2) is 34.7 Å². The molecule has 0 saturated carbocycles. The van der Waals surface area contributed by atoms with Gasteiger partial charge in [0.25, 0.3) is 0 Å². The average molecular weight is 383 g/mol. The van der Waals surface area contributed by atoms with Crippen molar-refractivity contribution in [2.45, 2.75) is 24.8 Å². The summed E-state index contributed by atoms with van der Waals surface area (Å²) >= 11 is 1.49. The van der Waals surface area contributed by atoms with E-state index in [-0.39, 0.29) is 5.78 Å². The number of ketones is 1. The maximum Gasteiger partial charge on any atom is 0.209 e. The van der Waals surface area contributed by atoms with Gasteiger partial charge in [0.05, 0.1) is 13.7 Å². The summed E-state index contributed by atoms with van der Waals surface area (Å²) in [4.78, 5) is 16.2. The molecule has 27 heavy (non-hydrogen) atoms. The van der Waals surface area contributed by atoms with E-state index in [1.54, 1.807) is 20.1 Å². The first-order chi connectivity index (χ1) is 13.1. The Kier molecular flexibility index (Phi) is 6.13. The molecule has 0 saturated heterocycles. The molecule has 1 heterocycles. The Labute approximate surface area is 162 Å². The molecule has 0 radical (unpaired) electrons. The largest absolute Gasteiger partial charge is 0.497 e. The fourth-order valence-electron chi connectivity index (χ4n) is 2.54. The third kappa shape index (κ3) is 4.68. The lowest BCUT2D eigenvalue weighted by Crippen LogP contribution is -1.99. The van der Waals surface area contributed by atoms with Crippen LogP contribution < -0.4 is 9.47 Å². The summed E-state index contributed by atoms with van der Waals surface area (Å²) in [5.41, 5.74) is 2.55. The predicted octanol–water partition coefficient (Wildman–Crippen LogP) is 4.37. The van der Waals surface area contributed by atoms with Gasteiger partial charge < -0.3 is 9.47 Å². The smallest absolute Gasteiger partial charge is 0.209 e. The van der Waals surface area contributed by atoms with Gasteiger partial charge in [0.15, 0.2) is 11.6 Å². The summed E-state index contributed by atoms with van der Waals surface area (Å²) < 4.78 is 10.8. The van der Waals surface area contributed by atoms with Gasteiger partial charge in [0.1, 0.15) is 11.5 Å². The van der Waals surface area contributed by atoms with Crippen molar-refractivity contribution >= 4 is 17.5 Å². The number of ether oxygens (including phenoxy) is 2. The van der Waals surface area contributed by atoms with Crippen LogP contribution in [0.15, 0.2) is 47.6 Å². The molecule has 1 aromatic heterocycles. The number of Topliss-reactive ketones (excluding diaryl/α,β-unsaturated/α-hetero) is 1. The fraction of sp³-hybridized carbons (Fsp3) is 0.250. The summed E-state index contributed by atoms with van der Waals surface area (Å²) in [5, 5.41) is 7.86. The molecule has 0 bridgehead atoms. The zero-order valence-corrected chi connectivity index (χ0v) is 16.3. The second kappa shape index (κ2) is 8.73. The van der Waals surface area contributed by atoms with E-state index in [0.717, 1.165) is 22.6 Å². The number of aromatic nitrogens is 3. The first-order valence-electron chi connectivity index (χ1n) is 8.57. The van der Waals surface area contributed by atoms with E-state index in [0.29, 0.717) is 28.9 Å². The minimum atomic E-state index is 0.0315. The van der Waals surface area contributed by atoms with Crippen molar-refractivity contribution in [2.75, 3.05) is 13.7 Å². The molecule has 0 fully saturated rings. The molecule has 6 nitrogen and oxygen atoms in total. The fourth-order valence-corrected chi connectivity index (χ4v) is 3.32. The highest BCUT2D eigenvalue weighted by Gasteiger charge is 2.11. The molecule has 7 heteroatoms. The van der Waals surface area contributed by atoms with E-state index in [2.05, 4.69) is 15.2 Å². The second-order valence-corrected chi connectivity index (χ2v) is 6.74. The van der Waals surface area contributed by atoms with E-state index in [9.17, 15) is 4.79 Å². The van der Waals surface area contributed by atoms with E-state index in [1.165, 1.54) is 11.8 Å². The van der Waals surface area contributed by atoms with Crippen LogP contribution >= 0.6 is 11.8 Å². The minimum absolute atomic E-state index is 0.0315. The van der Waals surface area contributed by atoms with Crippen LogP contribution in [0.2, 0.25) is 0 Å². The first kappa shape index (κ1) is 19.0. The number of thioether (sulfide) groups is 1. The lowest BCUT2D eigenvalue weighted by atomic mass is 10.1. The van der Waals surface area contributed by atoms with E-state index >= 15 is 0 Å². The third-order valence-corrected chi connectivity index (χ3v) is 4.85. The molecule has 0 aliphatic carbocycles. The second-order valence-electron chi connectivity index (χ2n) is 5.80. The van der Waals surface area contributed by atoms with E-state index < -0.39 is 0 Å². The van der Waals surface area contributed by atoms with Crippen molar-refractivity contribution in [3.63, 3.8) is 0 Å². The SMILES string of the molecule is CCOc1ccc(C(C)=O)cc1CSc1n[nH]c(-c2ccc(OC)cc2)n1. The van der Waals surface area contributed by atoms with E-state index in [1.807, 2.05) is 43.3 Å². The number of rotatable bonds is 8. The van der Waals surface area contributed by atoms with Crippen molar-refractivity contribution in [1.29, 1.82) is 0 Å². The Hall–Kier alpha value is -2.80. The van der Waals surface area contributed by atoms with Crippen LogP contribution in [0, 0.1) is 0 Å². The first-order valence-corrected chi connectivity index (χ1v) is 9.55. The number of nitrogens with zero attached hydrogens (tertiary/aromatic N) is 2. The van der Waals surface area contributed by atoms with Crippen molar-refractivity contribution in [1.82, 2.24) is 15.2 Å². The highest BCUT2D eigenvalue weighted by Crippen LogP contribution is 2.29. The number of hydrogen-bond acceptors (Lipinski definition) is 6. The number of carbonyl (C=O) groups excluding carboxylic acids is 1. The Balaban J connectivity index is 1.74. The Morgan fingerprint density at radius 3 is 2.63 bits per heavy atom. The maximum absolute atomic E-state index is 11.7. The summed E-state index contributed by atoms with van der Waals surface area (Å²) in [6.45, 7) is 4.06. The van der Waals surface area contributed by atoms with Crippen LogP contribution in [0.3, 0.4) is 0 Å². The molecular formula is C20H21N3O3S. The van der Waals surface area contributed by atoms with Gasteiger partial charge in [-0.2, -0.15) is 0 Å². The number of benzene rings is 2. The van der Waals surface area contributed by atoms with Gasteiger partial charge in [-0.1, -0.05) is 11.8 Å². The number of H-pyrrole nitrogens is 1. The quantitative estimate of drug-likeness (QED) is 0.460. The number of carbonyl (C=O) groups is 1. The van der Waals surface area contributed by atoms with Crippen molar-refractivity contribution in [3.05, 3.63) is 53.6 Å². The Bertz CT molecular complexity index is 922. The molecule has 0 amide bonds.